The van der Waals surface area contributed by atoms with Gasteiger partial charge in [-0.1, -0.05) is 0 Å². The van der Waals surface area contributed by atoms with Crippen LogP contribution in [-0.4, -0.2) is 28.0 Å². The number of halogens is 3. The molecule has 0 aliphatic carbocycles. The molecular formula is C11H8F3N3O2. The first-order valence-electron chi connectivity index (χ1n) is 5.09. The molecule has 19 heavy (non-hydrogen) atoms. The minimum Gasteiger partial charge on any atom is -0.465 e. The molecule has 0 bridgehead atoms. The molecule has 0 aliphatic rings. The van der Waals surface area contributed by atoms with Crippen molar-refractivity contribution in [1.82, 2.24) is 15.0 Å². The summed E-state index contributed by atoms with van der Waals surface area (Å²) < 4.78 is 41.6. The van der Waals surface area contributed by atoms with Crippen LogP contribution in [0.2, 0.25) is 0 Å². The van der Waals surface area contributed by atoms with Crippen LogP contribution in [0.3, 0.4) is 0 Å². The standard InChI is InChI=1S/C11H8F3N3O2/c1-19-10(18)6-2-3-7(15-4-6)9-16-5-8(17-9)11(12,13)14/h2-5H,1H3,(H,16,17). The number of pyridine rings is 1. The van der Waals surface area contributed by atoms with Gasteiger partial charge in [0.1, 0.15) is 11.4 Å². The second kappa shape index (κ2) is 4.71. The Hall–Kier alpha value is -2.38. The molecule has 5 nitrogen and oxygen atoms in total. The van der Waals surface area contributed by atoms with Crippen molar-refractivity contribution in [1.29, 1.82) is 0 Å². The number of hydrogen-bond donors (Lipinski definition) is 1. The van der Waals surface area contributed by atoms with Gasteiger partial charge in [-0.15, -0.1) is 0 Å². The van der Waals surface area contributed by atoms with Gasteiger partial charge in [0.05, 0.1) is 18.9 Å². The zero-order valence-electron chi connectivity index (χ0n) is 9.65. The Bertz CT molecular complexity index is 590. The quantitative estimate of drug-likeness (QED) is 0.851. The lowest BCUT2D eigenvalue weighted by Crippen LogP contribution is -2.05. The summed E-state index contributed by atoms with van der Waals surface area (Å²) in [6.07, 6.45) is -2.60. The third kappa shape index (κ3) is 2.72. The number of carbonyl (C=O) groups excluding carboxylic acids is 1. The normalized spacial score (nSPS) is 11.4. The van der Waals surface area contributed by atoms with Crippen LogP contribution in [0.4, 0.5) is 13.2 Å². The highest BCUT2D eigenvalue weighted by Crippen LogP contribution is 2.28. The number of nitrogens with zero attached hydrogens (tertiary/aromatic N) is 2. The van der Waals surface area contributed by atoms with Gasteiger partial charge >= 0.3 is 12.1 Å². The number of carbonyl (C=O) groups is 1. The van der Waals surface area contributed by atoms with E-state index in [9.17, 15) is 18.0 Å². The van der Waals surface area contributed by atoms with Gasteiger partial charge < -0.3 is 9.72 Å². The molecule has 0 fully saturated rings. The molecular weight excluding hydrogens is 263 g/mol. The van der Waals surface area contributed by atoms with Crippen molar-refractivity contribution in [2.75, 3.05) is 7.11 Å². The summed E-state index contributed by atoms with van der Waals surface area (Å²) in [6.45, 7) is 0. The van der Waals surface area contributed by atoms with Gasteiger partial charge in [0, 0.05) is 6.20 Å². The molecule has 1 N–H and O–H groups in total. The summed E-state index contributed by atoms with van der Waals surface area (Å²) in [6, 6.07) is 2.77. The molecule has 2 aromatic heterocycles. The van der Waals surface area contributed by atoms with Crippen molar-refractivity contribution in [2.45, 2.75) is 6.18 Å². The highest BCUT2D eigenvalue weighted by Gasteiger charge is 2.33. The third-order valence-corrected chi connectivity index (χ3v) is 2.31. The maximum atomic E-state index is 12.4. The SMILES string of the molecule is COC(=O)c1ccc(-c2ncc(C(F)(F)F)[nH]2)nc1. The molecule has 0 amide bonds. The van der Waals surface area contributed by atoms with Gasteiger partial charge in [-0.2, -0.15) is 13.2 Å². The van der Waals surface area contributed by atoms with Gasteiger partial charge in [0.2, 0.25) is 0 Å². The Morgan fingerprint density at radius 2 is 2.00 bits per heavy atom. The minimum atomic E-state index is -4.49. The Balaban J connectivity index is 2.28. The van der Waals surface area contributed by atoms with E-state index in [1.165, 1.54) is 25.4 Å². The van der Waals surface area contributed by atoms with Crippen LogP contribution in [0.25, 0.3) is 11.5 Å². The van der Waals surface area contributed by atoms with E-state index in [1.54, 1.807) is 0 Å². The minimum absolute atomic E-state index is 0.0243. The van der Waals surface area contributed by atoms with E-state index in [0.717, 1.165) is 0 Å². The summed E-state index contributed by atoms with van der Waals surface area (Å²) in [4.78, 5) is 20.7. The molecule has 2 aromatic rings. The number of methoxy groups -OCH3 is 1. The predicted octanol–water partition coefficient (Wildman–Crippen LogP) is 2.28. The lowest BCUT2D eigenvalue weighted by Gasteiger charge is -2.02. The van der Waals surface area contributed by atoms with E-state index in [1.807, 2.05) is 0 Å². The van der Waals surface area contributed by atoms with E-state index < -0.39 is 17.8 Å². The number of esters is 1. The van der Waals surface area contributed by atoms with Crippen molar-refractivity contribution in [3.8, 4) is 11.5 Å². The lowest BCUT2D eigenvalue weighted by molar-refractivity contribution is -0.140. The number of ether oxygens (including phenoxy) is 1. The van der Waals surface area contributed by atoms with Gasteiger partial charge in [-0.3, -0.25) is 4.98 Å². The summed E-state index contributed by atoms with van der Waals surface area (Å²) in [7, 11) is 1.22. The Morgan fingerprint density at radius 1 is 1.26 bits per heavy atom. The number of hydrogen-bond acceptors (Lipinski definition) is 4. The number of alkyl halides is 3. The van der Waals surface area contributed by atoms with E-state index in [0.29, 0.717) is 6.20 Å². The molecule has 0 saturated carbocycles. The van der Waals surface area contributed by atoms with Crippen molar-refractivity contribution in [3.63, 3.8) is 0 Å². The van der Waals surface area contributed by atoms with E-state index in [2.05, 4.69) is 19.7 Å². The van der Waals surface area contributed by atoms with Gasteiger partial charge in [-0.05, 0) is 12.1 Å². The molecule has 0 radical (unpaired) electrons. The van der Waals surface area contributed by atoms with Crippen LogP contribution in [0.5, 0.6) is 0 Å². The van der Waals surface area contributed by atoms with Gasteiger partial charge in [0.25, 0.3) is 0 Å². The highest BCUT2D eigenvalue weighted by atomic mass is 19.4. The number of H-pyrrole nitrogens is 1. The van der Waals surface area contributed by atoms with Crippen LogP contribution >= 0.6 is 0 Å². The largest absolute Gasteiger partial charge is 0.465 e. The van der Waals surface area contributed by atoms with Gasteiger partial charge in [-0.25, -0.2) is 9.78 Å². The average Bonchev–Trinajstić information content (AvgIpc) is 2.87. The van der Waals surface area contributed by atoms with E-state index in [4.69, 9.17) is 0 Å². The highest BCUT2D eigenvalue weighted by molar-refractivity contribution is 5.89. The van der Waals surface area contributed by atoms with Crippen molar-refractivity contribution in [2.24, 2.45) is 0 Å². The predicted molar refractivity (Wildman–Crippen MR) is 58.2 cm³/mol. The number of rotatable bonds is 2. The van der Waals surface area contributed by atoms with Crippen molar-refractivity contribution < 1.29 is 22.7 Å². The molecule has 0 aromatic carbocycles. The third-order valence-electron chi connectivity index (χ3n) is 2.31. The summed E-state index contributed by atoms with van der Waals surface area (Å²) in [5.74, 6) is -0.599. The van der Waals surface area contributed by atoms with Crippen LogP contribution in [0.15, 0.2) is 24.5 Å². The topological polar surface area (TPSA) is 67.9 Å². The molecule has 0 unspecified atom stereocenters. The van der Waals surface area contributed by atoms with Crippen LogP contribution < -0.4 is 0 Å². The maximum absolute atomic E-state index is 12.4. The second-order valence-electron chi connectivity index (χ2n) is 3.57. The molecule has 100 valence electrons. The molecule has 8 heteroatoms. The molecule has 0 atom stereocenters. The summed E-state index contributed by atoms with van der Waals surface area (Å²) in [5.41, 5.74) is -0.557. The van der Waals surface area contributed by atoms with Crippen LogP contribution in [-0.2, 0) is 10.9 Å². The first-order valence-corrected chi connectivity index (χ1v) is 5.09. The van der Waals surface area contributed by atoms with Crippen LogP contribution in [0, 0.1) is 0 Å². The maximum Gasteiger partial charge on any atom is 0.432 e. The molecule has 2 heterocycles. The number of nitrogens with one attached hydrogen (secondary N) is 1. The van der Waals surface area contributed by atoms with Crippen LogP contribution in [0.1, 0.15) is 16.1 Å². The molecule has 2 rings (SSSR count). The first kappa shape index (κ1) is 13.1. The number of aromatic amines is 1. The average molecular weight is 271 g/mol. The van der Waals surface area contributed by atoms with Gasteiger partial charge in [0.15, 0.2) is 5.82 Å². The summed E-state index contributed by atoms with van der Waals surface area (Å²) >= 11 is 0. The Kier molecular flexibility index (Phi) is 3.24. The Morgan fingerprint density at radius 3 is 2.47 bits per heavy atom. The Labute approximate surface area is 105 Å². The second-order valence-corrected chi connectivity index (χ2v) is 3.57. The summed E-state index contributed by atoms with van der Waals surface area (Å²) in [5, 5.41) is 0. The van der Waals surface area contributed by atoms with E-state index >= 15 is 0 Å². The van der Waals surface area contributed by atoms with E-state index in [-0.39, 0.29) is 17.1 Å². The fourth-order valence-electron chi connectivity index (χ4n) is 1.37. The lowest BCUT2D eigenvalue weighted by atomic mass is 10.2. The fourth-order valence-corrected chi connectivity index (χ4v) is 1.37. The zero-order chi connectivity index (χ0) is 14.0. The zero-order valence-corrected chi connectivity index (χ0v) is 9.65. The molecule has 0 spiro atoms. The number of aromatic nitrogens is 3. The molecule has 0 saturated heterocycles. The smallest absolute Gasteiger partial charge is 0.432 e. The monoisotopic (exact) mass is 271 g/mol. The first-order chi connectivity index (χ1) is 8.91. The number of imidazole rings is 1. The van der Waals surface area contributed by atoms with Crippen molar-refractivity contribution >= 4 is 5.97 Å². The van der Waals surface area contributed by atoms with Crippen molar-refractivity contribution in [3.05, 3.63) is 35.8 Å². The molecule has 0 aliphatic heterocycles. The fraction of sp³-hybridized carbons (Fsp3) is 0.182.